The summed E-state index contributed by atoms with van der Waals surface area (Å²) in [5, 5.41) is 2.91. The molecule has 0 fully saturated rings. The zero-order chi connectivity index (χ0) is 16.7. The van der Waals surface area contributed by atoms with Gasteiger partial charge in [-0.25, -0.2) is 0 Å². The summed E-state index contributed by atoms with van der Waals surface area (Å²) >= 11 is 0. The predicted octanol–water partition coefficient (Wildman–Crippen LogP) is 2.72. The molecule has 1 amide bonds. The molecule has 23 heavy (non-hydrogen) atoms. The average molecular weight is 314 g/mol. The number of nitrogens with one attached hydrogen (secondary N) is 1. The molecule has 2 rings (SSSR count). The van der Waals surface area contributed by atoms with E-state index in [1.807, 2.05) is 38.4 Å². The van der Waals surface area contributed by atoms with Gasteiger partial charge in [0.2, 0.25) is 5.91 Å². The standard InChI is InChI=1S/C18H22N2O3/c1-20(2)17(14-6-8-15(22-3)9-7-14)13-19-18(21)11-10-16-5-4-12-23-16/h4-12,17H,13H2,1-3H3,(H,19,21). The molecular weight excluding hydrogens is 292 g/mol. The first-order valence-electron chi connectivity index (χ1n) is 7.40. The lowest BCUT2D eigenvalue weighted by molar-refractivity contribution is -0.116. The van der Waals surface area contributed by atoms with Crippen LogP contribution < -0.4 is 10.1 Å². The maximum Gasteiger partial charge on any atom is 0.244 e. The van der Waals surface area contributed by atoms with Crippen molar-refractivity contribution >= 4 is 12.0 Å². The molecular formula is C18H22N2O3. The molecule has 0 saturated carbocycles. The largest absolute Gasteiger partial charge is 0.497 e. The van der Waals surface area contributed by atoms with Crippen LogP contribution >= 0.6 is 0 Å². The van der Waals surface area contributed by atoms with E-state index in [0.717, 1.165) is 11.3 Å². The first-order valence-corrected chi connectivity index (χ1v) is 7.40. The van der Waals surface area contributed by atoms with E-state index < -0.39 is 0 Å². The molecule has 1 unspecified atom stereocenters. The zero-order valence-electron chi connectivity index (χ0n) is 13.7. The summed E-state index contributed by atoms with van der Waals surface area (Å²) in [6.45, 7) is 0.515. The van der Waals surface area contributed by atoms with Gasteiger partial charge in [-0.2, -0.15) is 0 Å². The van der Waals surface area contributed by atoms with Crippen molar-refractivity contribution < 1.29 is 13.9 Å². The molecule has 1 aromatic heterocycles. The van der Waals surface area contributed by atoms with Crippen molar-refractivity contribution in [1.82, 2.24) is 10.2 Å². The molecule has 1 aromatic carbocycles. The Bertz CT molecular complexity index is 631. The van der Waals surface area contributed by atoms with E-state index in [-0.39, 0.29) is 11.9 Å². The van der Waals surface area contributed by atoms with Gasteiger partial charge in [-0.1, -0.05) is 12.1 Å². The number of rotatable bonds is 7. The number of furan rings is 1. The lowest BCUT2D eigenvalue weighted by atomic mass is 10.1. The van der Waals surface area contributed by atoms with Gasteiger partial charge in [0.15, 0.2) is 0 Å². The number of likely N-dealkylation sites (N-methyl/N-ethyl adjacent to an activating group) is 1. The highest BCUT2D eigenvalue weighted by Crippen LogP contribution is 2.20. The molecule has 5 nitrogen and oxygen atoms in total. The molecule has 122 valence electrons. The predicted molar refractivity (Wildman–Crippen MR) is 90.2 cm³/mol. The van der Waals surface area contributed by atoms with Gasteiger partial charge >= 0.3 is 0 Å². The van der Waals surface area contributed by atoms with Gasteiger partial charge in [0.1, 0.15) is 11.5 Å². The fraction of sp³-hybridized carbons (Fsp3) is 0.278. The van der Waals surface area contributed by atoms with Crippen LogP contribution in [0.25, 0.3) is 6.08 Å². The fourth-order valence-electron chi connectivity index (χ4n) is 2.22. The normalized spacial score (nSPS) is 12.5. The van der Waals surface area contributed by atoms with Crippen LogP contribution in [0.1, 0.15) is 17.4 Å². The van der Waals surface area contributed by atoms with E-state index >= 15 is 0 Å². The first kappa shape index (κ1) is 16.8. The van der Waals surface area contributed by atoms with Crippen molar-refractivity contribution in [2.24, 2.45) is 0 Å². The molecule has 2 aromatic rings. The van der Waals surface area contributed by atoms with Gasteiger partial charge in [0.25, 0.3) is 0 Å². The number of carbonyl (C=O) groups is 1. The monoisotopic (exact) mass is 314 g/mol. The molecule has 0 aliphatic heterocycles. The van der Waals surface area contributed by atoms with Gasteiger partial charge in [0, 0.05) is 12.6 Å². The highest BCUT2D eigenvalue weighted by atomic mass is 16.5. The number of hydrogen-bond donors (Lipinski definition) is 1. The second kappa shape index (κ2) is 8.19. The Balaban J connectivity index is 1.95. The number of nitrogens with zero attached hydrogens (tertiary/aromatic N) is 1. The average Bonchev–Trinajstić information content (AvgIpc) is 3.07. The second-order valence-corrected chi connectivity index (χ2v) is 5.35. The first-order chi connectivity index (χ1) is 11.1. The molecule has 0 radical (unpaired) electrons. The minimum absolute atomic E-state index is 0.0851. The van der Waals surface area contributed by atoms with Gasteiger partial charge < -0.3 is 19.4 Å². The Labute approximate surface area is 136 Å². The number of benzene rings is 1. The Morgan fingerprint density at radius 2 is 2.04 bits per heavy atom. The van der Waals surface area contributed by atoms with Crippen molar-refractivity contribution in [2.45, 2.75) is 6.04 Å². The number of methoxy groups -OCH3 is 1. The quantitative estimate of drug-likeness (QED) is 0.798. The smallest absolute Gasteiger partial charge is 0.244 e. The highest BCUT2D eigenvalue weighted by molar-refractivity contribution is 5.91. The number of amides is 1. The third kappa shape index (κ3) is 5.00. The van der Waals surface area contributed by atoms with Gasteiger partial charge in [-0.05, 0) is 50.0 Å². The molecule has 0 aliphatic rings. The minimum atomic E-state index is -0.151. The molecule has 1 atom stereocenters. The van der Waals surface area contributed by atoms with E-state index in [1.165, 1.54) is 6.08 Å². The van der Waals surface area contributed by atoms with E-state index in [4.69, 9.17) is 9.15 Å². The molecule has 5 heteroatoms. The molecule has 1 heterocycles. The van der Waals surface area contributed by atoms with E-state index in [0.29, 0.717) is 12.3 Å². The minimum Gasteiger partial charge on any atom is -0.497 e. The van der Waals surface area contributed by atoms with Crippen molar-refractivity contribution in [3.8, 4) is 5.75 Å². The fourth-order valence-corrected chi connectivity index (χ4v) is 2.22. The highest BCUT2D eigenvalue weighted by Gasteiger charge is 2.14. The van der Waals surface area contributed by atoms with Crippen LogP contribution in [-0.2, 0) is 4.79 Å². The van der Waals surface area contributed by atoms with Crippen molar-refractivity contribution in [3.05, 3.63) is 60.1 Å². The van der Waals surface area contributed by atoms with Crippen molar-refractivity contribution in [2.75, 3.05) is 27.7 Å². The third-order valence-electron chi connectivity index (χ3n) is 3.54. The molecule has 0 bridgehead atoms. The van der Waals surface area contributed by atoms with Crippen LogP contribution in [0.2, 0.25) is 0 Å². The van der Waals surface area contributed by atoms with Crippen LogP contribution in [0.4, 0.5) is 0 Å². The van der Waals surface area contributed by atoms with E-state index in [1.54, 1.807) is 31.6 Å². The molecule has 0 aliphatic carbocycles. The molecule has 1 N–H and O–H groups in total. The Morgan fingerprint density at radius 3 is 2.61 bits per heavy atom. The Kier molecular flexibility index (Phi) is 6.00. The van der Waals surface area contributed by atoms with Crippen LogP contribution in [0.15, 0.2) is 53.2 Å². The maximum atomic E-state index is 11.9. The van der Waals surface area contributed by atoms with Gasteiger partial charge in [-0.3, -0.25) is 4.79 Å². The van der Waals surface area contributed by atoms with Crippen LogP contribution in [0.3, 0.4) is 0 Å². The summed E-state index contributed by atoms with van der Waals surface area (Å²) < 4.78 is 10.3. The summed E-state index contributed by atoms with van der Waals surface area (Å²) in [6.07, 6.45) is 4.69. The van der Waals surface area contributed by atoms with Gasteiger partial charge in [0.05, 0.1) is 19.4 Å². The summed E-state index contributed by atoms with van der Waals surface area (Å²) in [7, 11) is 5.61. The number of ether oxygens (including phenoxy) is 1. The van der Waals surface area contributed by atoms with Crippen LogP contribution in [-0.4, -0.2) is 38.6 Å². The van der Waals surface area contributed by atoms with Crippen molar-refractivity contribution in [1.29, 1.82) is 0 Å². The van der Waals surface area contributed by atoms with E-state index in [2.05, 4.69) is 10.2 Å². The molecule has 0 saturated heterocycles. The van der Waals surface area contributed by atoms with Gasteiger partial charge in [-0.15, -0.1) is 0 Å². The SMILES string of the molecule is COc1ccc(C(CNC(=O)C=Cc2ccco2)N(C)C)cc1. The summed E-state index contributed by atoms with van der Waals surface area (Å²) in [5.74, 6) is 1.32. The lowest BCUT2D eigenvalue weighted by Gasteiger charge is -2.25. The van der Waals surface area contributed by atoms with Crippen LogP contribution in [0, 0.1) is 0 Å². The second-order valence-electron chi connectivity index (χ2n) is 5.35. The van der Waals surface area contributed by atoms with E-state index in [9.17, 15) is 4.79 Å². The third-order valence-corrected chi connectivity index (χ3v) is 3.54. The zero-order valence-corrected chi connectivity index (χ0v) is 13.7. The Hall–Kier alpha value is -2.53. The van der Waals surface area contributed by atoms with Crippen molar-refractivity contribution in [3.63, 3.8) is 0 Å². The van der Waals surface area contributed by atoms with Crippen LogP contribution in [0.5, 0.6) is 5.75 Å². The summed E-state index contributed by atoms with van der Waals surface area (Å²) in [5.41, 5.74) is 1.12. The summed E-state index contributed by atoms with van der Waals surface area (Å²) in [4.78, 5) is 14.0. The summed E-state index contributed by atoms with van der Waals surface area (Å²) in [6, 6.07) is 11.5. The lowest BCUT2D eigenvalue weighted by Crippen LogP contribution is -2.33. The topological polar surface area (TPSA) is 54.7 Å². The number of carbonyl (C=O) groups excluding carboxylic acids is 1. The Morgan fingerprint density at radius 1 is 1.30 bits per heavy atom. The maximum absolute atomic E-state index is 11.9. The molecule has 0 spiro atoms. The number of hydrogen-bond acceptors (Lipinski definition) is 4.